The first-order valence-electron chi connectivity index (χ1n) is 6.31. The van der Waals surface area contributed by atoms with Crippen LogP contribution in [-0.4, -0.2) is 41.2 Å². The summed E-state index contributed by atoms with van der Waals surface area (Å²) in [5, 5.41) is 12.2. The first kappa shape index (κ1) is 12.3. The summed E-state index contributed by atoms with van der Waals surface area (Å²) in [7, 11) is 1.91. The third-order valence-electron chi connectivity index (χ3n) is 3.45. The molecule has 4 nitrogen and oxygen atoms in total. The summed E-state index contributed by atoms with van der Waals surface area (Å²) in [6.07, 6.45) is 5.66. The molecule has 1 heterocycles. The predicted octanol–water partition coefficient (Wildman–Crippen LogP) is 1.47. The van der Waals surface area contributed by atoms with Gasteiger partial charge in [-0.1, -0.05) is 6.42 Å². The molecule has 1 aromatic heterocycles. The van der Waals surface area contributed by atoms with E-state index in [2.05, 4.69) is 21.3 Å². The lowest BCUT2D eigenvalue weighted by atomic mass is 9.91. The molecule has 0 spiro atoms. The van der Waals surface area contributed by atoms with Gasteiger partial charge in [0, 0.05) is 38.1 Å². The fraction of sp³-hybridized carbons (Fsp3) is 0.615. The minimum atomic E-state index is 0.224. The molecule has 0 bridgehead atoms. The quantitative estimate of drug-likeness (QED) is 0.784. The number of rotatable bonds is 6. The Balaban J connectivity index is 2.00. The van der Waals surface area contributed by atoms with Crippen LogP contribution in [0, 0.1) is 0 Å². The van der Waals surface area contributed by atoms with Crippen LogP contribution in [0.1, 0.15) is 25.0 Å². The second kappa shape index (κ2) is 5.98. The summed E-state index contributed by atoms with van der Waals surface area (Å²) in [5.74, 6) is 0. The lowest BCUT2D eigenvalue weighted by Crippen LogP contribution is -2.41. The highest BCUT2D eigenvalue weighted by atomic mass is 16.3. The minimum Gasteiger partial charge on any atom is -0.395 e. The number of nitrogens with zero attached hydrogens (tertiary/aromatic N) is 2. The van der Waals surface area contributed by atoms with Crippen LogP contribution in [0.4, 0.5) is 5.69 Å². The number of nitrogens with one attached hydrogen (secondary N) is 1. The molecular formula is C13H21N3O. The summed E-state index contributed by atoms with van der Waals surface area (Å²) in [6.45, 7) is 1.80. The van der Waals surface area contributed by atoms with E-state index in [0.717, 1.165) is 24.5 Å². The summed E-state index contributed by atoms with van der Waals surface area (Å²) >= 11 is 0. The summed E-state index contributed by atoms with van der Waals surface area (Å²) in [4.78, 5) is 6.73. The van der Waals surface area contributed by atoms with Crippen molar-refractivity contribution in [2.45, 2.75) is 31.8 Å². The Labute approximate surface area is 103 Å². The second-order valence-corrected chi connectivity index (χ2v) is 4.56. The fourth-order valence-electron chi connectivity index (χ4n) is 2.20. The Kier molecular flexibility index (Phi) is 4.34. The van der Waals surface area contributed by atoms with Crippen LogP contribution >= 0.6 is 0 Å². The van der Waals surface area contributed by atoms with Crippen molar-refractivity contribution >= 4 is 5.69 Å². The molecule has 1 aliphatic carbocycles. The maximum Gasteiger partial charge on any atom is 0.0564 e. The largest absolute Gasteiger partial charge is 0.395 e. The van der Waals surface area contributed by atoms with Crippen LogP contribution in [0.25, 0.3) is 0 Å². The third-order valence-corrected chi connectivity index (χ3v) is 3.45. The van der Waals surface area contributed by atoms with Crippen molar-refractivity contribution in [3.8, 4) is 0 Å². The molecule has 0 amide bonds. The van der Waals surface area contributed by atoms with Gasteiger partial charge in [-0.25, -0.2) is 0 Å². The smallest absolute Gasteiger partial charge is 0.0564 e. The van der Waals surface area contributed by atoms with Crippen LogP contribution in [0.5, 0.6) is 0 Å². The van der Waals surface area contributed by atoms with Gasteiger partial charge in [0.15, 0.2) is 0 Å². The fourth-order valence-corrected chi connectivity index (χ4v) is 2.20. The summed E-state index contributed by atoms with van der Waals surface area (Å²) in [5.41, 5.74) is 2.16. The van der Waals surface area contributed by atoms with Crippen LogP contribution in [0.3, 0.4) is 0 Å². The molecule has 1 fully saturated rings. The van der Waals surface area contributed by atoms with Crippen LogP contribution < -0.4 is 5.32 Å². The lowest BCUT2D eigenvalue weighted by molar-refractivity contribution is 0.0934. The van der Waals surface area contributed by atoms with Gasteiger partial charge >= 0.3 is 0 Å². The van der Waals surface area contributed by atoms with E-state index in [1.807, 2.05) is 19.3 Å². The number of aliphatic hydroxyl groups excluding tert-OH is 1. The van der Waals surface area contributed by atoms with Gasteiger partial charge in [-0.3, -0.25) is 9.88 Å². The SMILES string of the molecule is CNc1ccnc(CN(CCO)C2CCC2)c1. The van der Waals surface area contributed by atoms with Crippen LogP contribution in [0.2, 0.25) is 0 Å². The number of pyridine rings is 1. The molecular weight excluding hydrogens is 214 g/mol. The molecule has 1 aromatic rings. The number of aromatic nitrogens is 1. The molecule has 2 rings (SSSR count). The molecule has 0 aliphatic heterocycles. The Morgan fingerprint density at radius 1 is 1.53 bits per heavy atom. The normalized spacial score (nSPS) is 15.9. The van der Waals surface area contributed by atoms with E-state index < -0.39 is 0 Å². The first-order chi connectivity index (χ1) is 8.33. The van der Waals surface area contributed by atoms with Gasteiger partial charge in [0.1, 0.15) is 0 Å². The minimum absolute atomic E-state index is 0.224. The van der Waals surface area contributed by atoms with Gasteiger partial charge in [-0.15, -0.1) is 0 Å². The monoisotopic (exact) mass is 235 g/mol. The molecule has 0 atom stereocenters. The van der Waals surface area contributed by atoms with Crippen molar-refractivity contribution in [3.05, 3.63) is 24.0 Å². The third kappa shape index (κ3) is 3.17. The van der Waals surface area contributed by atoms with E-state index in [1.54, 1.807) is 0 Å². The molecule has 17 heavy (non-hydrogen) atoms. The number of hydrogen-bond acceptors (Lipinski definition) is 4. The summed E-state index contributed by atoms with van der Waals surface area (Å²) in [6, 6.07) is 4.67. The second-order valence-electron chi connectivity index (χ2n) is 4.56. The standard InChI is InChI=1S/C13H21N3O/c1-14-11-5-6-15-12(9-11)10-16(7-8-17)13-3-2-4-13/h5-6,9,13,17H,2-4,7-8,10H2,1H3,(H,14,15). The van der Waals surface area contributed by atoms with Gasteiger partial charge < -0.3 is 10.4 Å². The van der Waals surface area contributed by atoms with Gasteiger partial charge in [-0.05, 0) is 25.0 Å². The van der Waals surface area contributed by atoms with E-state index in [4.69, 9.17) is 5.11 Å². The molecule has 0 aromatic carbocycles. The number of aliphatic hydroxyl groups is 1. The molecule has 0 unspecified atom stereocenters. The van der Waals surface area contributed by atoms with Gasteiger partial charge in [0.05, 0.1) is 12.3 Å². The zero-order valence-electron chi connectivity index (χ0n) is 10.4. The average Bonchev–Trinajstić information content (AvgIpc) is 2.27. The van der Waals surface area contributed by atoms with Crippen molar-refractivity contribution in [1.82, 2.24) is 9.88 Å². The van der Waals surface area contributed by atoms with Crippen molar-refractivity contribution in [2.24, 2.45) is 0 Å². The van der Waals surface area contributed by atoms with E-state index in [-0.39, 0.29) is 6.61 Å². The molecule has 94 valence electrons. The Hall–Kier alpha value is -1.13. The Morgan fingerprint density at radius 3 is 2.94 bits per heavy atom. The topological polar surface area (TPSA) is 48.4 Å². The van der Waals surface area contributed by atoms with Crippen LogP contribution in [0.15, 0.2) is 18.3 Å². The molecule has 1 aliphatic rings. The van der Waals surface area contributed by atoms with Gasteiger partial charge in [-0.2, -0.15) is 0 Å². The van der Waals surface area contributed by atoms with E-state index in [9.17, 15) is 0 Å². The lowest BCUT2D eigenvalue weighted by Gasteiger charge is -2.37. The molecule has 0 radical (unpaired) electrons. The highest BCUT2D eigenvalue weighted by Gasteiger charge is 2.24. The predicted molar refractivity (Wildman–Crippen MR) is 68.9 cm³/mol. The zero-order valence-corrected chi connectivity index (χ0v) is 10.4. The number of anilines is 1. The van der Waals surface area contributed by atoms with Gasteiger partial charge in [0.25, 0.3) is 0 Å². The van der Waals surface area contributed by atoms with E-state index in [0.29, 0.717) is 6.04 Å². The van der Waals surface area contributed by atoms with E-state index >= 15 is 0 Å². The zero-order chi connectivity index (χ0) is 12.1. The van der Waals surface area contributed by atoms with Crippen molar-refractivity contribution in [1.29, 1.82) is 0 Å². The molecule has 0 saturated heterocycles. The van der Waals surface area contributed by atoms with Crippen molar-refractivity contribution in [3.63, 3.8) is 0 Å². The Morgan fingerprint density at radius 2 is 2.35 bits per heavy atom. The summed E-state index contributed by atoms with van der Waals surface area (Å²) < 4.78 is 0. The number of hydrogen-bond donors (Lipinski definition) is 2. The maximum atomic E-state index is 9.11. The van der Waals surface area contributed by atoms with Crippen molar-refractivity contribution < 1.29 is 5.11 Å². The van der Waals surface area contributed by atoms with Crippen molar-refractivity contribution in [2.75, 3.05) is 25.5 Å². The maximum absolute atomic E-state index is 9.11. The Bertz CT molecular complexity index is 352. The first-order valence-corrected chi connectivity index (χ1v) is 6.31. The highest BCUT2D eigenvalue weighted by molar-refractivity contribution is 5.42. The molecule has 4 heteroatoms. The molecule has 1 saturated carbocycles. The van der Waals surface area contributed by atoms with E-state index in [1.165, 1.54) is 19.3 Å². The van der Waals surface area contributed by atoms with Crippen LogP contribution in [-0.2, 0) is 6.54 Å². The average molecular weight is 235 g/mol. The highest BCUT2D eigenvalue weighted by Crippen LogP contribution is 2.25. The molecule has 2 N–H and O–H groups in total. The van der Waals surface area contributed by atoms with Gasteiger partial charge in [0.2, 0.25) is 0 Å².